The standard InChI is InChI=1S/C21H26N2O4S/c1-4-5-7-17-10-12-18(13-11-17)16(2)15-28(25,26)23-21(24)22-19-8-6-9-20(14-19)27-3/h6,8-15H,4-5,7H2,1-3H3,(H2,22,23,24). The molecule has 150 valence electrons. The van der Waals surface area contributed by atoms with Gasteiger partial charge in [0.15, 0.2) is 0 Å². The zero-order valence-corrected chi connectivity index (χ0v) is 17.2. The Morgan fingerprint density at radius 3 is 2.50 bits per heavy atom. The molecule has 2 aromatic carbocycles. The molecular formula is C21H26N2O4S. The number of amides is 2. The Kier molecular flexibility index (Phi) is 7.63. The van der Waals surface area contributed by atoms with E-state index in [0.29, 0.717) is 17.0 Å². The van der Waals surface area contributed by atoms with Crippen molar-refractivity contribution >= 4 is 27.3 Å². The normalized spacial score (nSPS) is 11.8. The molecule has 2 rings (SSSR count). The summed E-state index contributed by atoms with van der Waals surface area (Å²) >= 11 is 0. The quantitative estimate of drug-likeness (QED) is 0.678. The number of methoxy groups -OCH3 is 1. The molecule has 0 bridgehead atoms. The largest absolute Gasteiger partial charge is 0.497 e. The summed E-state index contributed by atoms with van der Waals surface area (Å²) in [6, 6.07) is 13.6. The first kappa shape index (κ1) is 21.5. The van der Waals surface area contributed by atoms with E-state index < -0.39 is 16.1 Å². The van der Waals surface area contributed by atoms with E-state index in [1.165, 1.54) is 12.7 Å². The number of allylic oxidation sites excluding steroid dienone is 1. The topological polar surface area (TPSA) is 84.5 Å². The summed E-state index contributed by atoms with van der Waals surface area (Å²) in [7, 11) is -2.44. The van der Waals surface area contributed by atoms with Gasteiger partial charge in [-0.15, -0.1) is 0 Å². The van der Waals surface area contributed by atoms with Crippen LogP contribution in [-0.2, 0) is 16.4 Å². The van der Waals surface area contributed by atoms with Gasteiger partial charge in [0.05, 0.1) is 12.5 Å². The van der Waals surface area contributed by atoms with Gasteiger partial charge >= 0.3 is 6.03 Å². The molecular weight excluding hydrogens is 376 g/mol. The summed E-state index contributed by atoms with van der Waals surface area (Å²) in [6.45, 7) is 3.84. The highest BCUT2D eigenvalue weighted by atomic mass is 32.2. The second-order valence-corrected chi connectivity index (χ2v) is 7.96. The van der Waals surface area contributed by atoms with Gasteiger partial charge in [0.2, 0.25) is 0 Å². The minimum Gasteiger partial charge on any atom is -0.497 e. The van der Waals surface area contributed by atoms with Gasteiger partial charge in [-0.25, -0.2) is 17.9 Å². The minimum atomic E-state index is -3.94. The molecule has 0 aliphatic carbocycles. The van der Waals surface area contributed by atoms with Crippen LogP contribution in [0.25, 0.3) is 5.57 Å². The molecule has 2 N–H and O–H groups in total. The van der Waals surface area contributed by atoms with Gasteiger partial charge in [-0.2, -0.15) is 0 Å². The van der Waals surface area contributed by atoms with Crippen LogP contribution < -0.4 is 14.8 Å². The molecule has 0 fully saturated rings. The van der Waals surface area contributed by atoms with Crippen LogP contribution in [0.5, 0.6) is 5.75 Å². The van der Waals surface area contributed by atoms with E-state index in [1.807, 2.05) is 29.0 Å². The summed E-state index contributed by atoms with van der Waals surface area (Å²) in [4.78, 5) is 12.0. The third-order valence-corrected chi connectivity index (χ3v) is 5.26. The molecule has 0 aliphatic heterocycles. The number of unbranched alkanes of at least 4 members (excludes halogenated alkanes) is 1. The maximum absolute atomic E-state index is 12.3. The van der Waals surface area contributed by atoms with E-state index >= 15 is 0 Å². The summed E-state index contributed by atoms with van der Waals surface area (Å²) < 4.78 is 31.6. The molecule has 0 saturated heterocycles. The van der Waals surface area contributed by atoms with Crippen molar-refractivity contribution < 1.29 is 17.9 Å². The molecule has 0 aliphatic rings. The fraction of sp³-hybridized carbons (Fsp3) is 0.286. The van der Waals surface area contributed by atoms with E-state index in [4.69, 9.17) is 4.74 Å². The maximum Gasteiger partial charge on any atom is 0.333 e. The van der Waals surface area contributed by atoms with Gasteiger partial charge in [0, 0.05) is 11.8 Å². The van der Waals surface area contributed by atoms with E-state index in [1.54, 1.807) is 31.2 Å². The lowest BCUT2D eigenvalue weighted by Gasteiger charge is -2.09. The first-order chi connectivity index (χ1) is 13.3. The SMILES string of the molecule is CCCCc1ccc(C(C)=CS(=O)(=O)NC(=O)Nc2cccc(OC)c2)cc1. The van der Waals surface area contributed by atoms with Gasteiger partial charge in [-0.05, 0) is 48.6 Å². The number of carbonyl (C=O) groups excluding carboxylic acids is 1. The molecule has 0 aromatic heterocycles. The number of anilines is 1. The van der Waals surface area contributed by atoms with Crippen molar-refractivity contribution in [1.82, 2.24) is 4.72 Å². The predicted molar refractivity (Wildman–Crippen MR) is 113 cm³/mol. The number of hydrogen-bond acceptors (Lipinski definition) is 4. The van der Waals surface area contributed by atoms with Crippen LogP contribution in [0.15, 0.2) is 53.9 Å². The number of carbonyl (C=O) groups is 1. The van der Waals surface area contributed by atoms with Crippen LogP contribution in [0.3, 0.4) is 0 Å². The first-order valence-electron chi connectivity index (χ1n) is 9.08. The molecule has 0 heterocycles. The Bertz CT molecular complexity index is 935. The second-order valence-electron chi connectivity index (χ2n) is 6.43. The number of nitrogens with one attached hydrogen (secondary N) is 2. The number of sulfonamides is 1. The maximum atomic E-state index is 12.3. The molecule has 6 nitrogen and oxygen atoms in total. The Morgan fingerprint density at radius 2 is 1.86 bits per heavy atom. The lowest BCUT2D eigenvalue weighted by atomic mass is 10.0. The van der Waals surface area contributed by atoms with Gasteiger partial charge in [-0.1, -0.05) is 43.7 Å². The van der Waals surface area contributed by atoms with Crippen molar-refractivity contribution in [1.29, 1.82) is 0 Å². The van der Waals surface area contributed by atoms with Gasteiger partial charge < -0.3 is 10.1 Å². The molecule has 28 heavy (non-hydrogen) atoms. The highest BCUT2D eigenvalue weighted by Crippen LogP contribution is 2.18. The minimum absolute atomic E-state index is 0.426. The van der Waals surface area contributed by atoms with Crippen molar-refractivity contribution in [3.63, 3.8) is 0 Å². The van der Waals surface area contributed by atoms with Crippen molar-refractivity contribution in [2.45, 2.75) is 33.1 Å². The fourth-order valence-corrected chi connectivity index (χ4v) is 3.60. The molecule has 0 saturated carbocycles. The Morgan fingerprint density at radius 1 is 1.14 bits per heavy atom. The van der Waals surface area contributed by atoms with Crippen LogP contribution in [0.1, 0.15) is 37.8 Å². The molecule has 0 spiro atoms. The highest BCUT2D eigenvalue weighted by Gasteiger charge is 2.13. The summed E-state index contributed by atoms with van der Waals surface area (Å²) in [5, 5.41) is 3.53. The van der Waals surface area contributed by atoms with Gasteiger partial charge in [-0.3, -0.25) is 0 Å². The van der Waals surface area contributed by atoms with Crippen molar-refractivity contribution in [3.8, 4) is 5.75 Å². The number of benzene rings is 2. The highest BCUT2D eigenvalue weighted by molar-refractivity contribution is 7.93. The third-order valence-electron chi connectivity index (χ3n) is 4.12. The van der Waals surface area contributed by atoms with E-state index in [0.717, 1.165) is 30.2 Å². The fourth-order valence-electron chi connectivity index (χ4n) is 2.63. The number of aryl methyl sites for hydroxylation is 1. The van der Waals surface area contributed by atoms with E-state index in [9.17, 15) is 13.2 Å². The molecule has 2 aromatic rings. The average molecular weight is 403 g/mol. The zero-order valence-electron chi connectivity index (χ0n) is 16.4. The van der Waals surface area contributed by atoms with Crippen LogP contribution in [0, 0.1) is 0 Å². The molecule has 0 radical (unpaired) electrons. The van der Waals surface area contributed by atoms with Gasteiger partial charge in [0.25, 0.3) is 10.0 Å². The Balaban J connectivity index is 2.03. The molecule has 7 heteroatoms. The van der Waals surface area contributed by atoms with E-state index in [-0.39, 0.29) is 0 Å². The van der Waals surface area contributed by atoms with Crippen LogP contribution >= 0.6 is 0 Å². The van der Waals surface area contributed by atoms with E-state index in [2.05, 4.69) is 12.2 Å². The Hall–Kier alpha value is -2.80. The van der Waals surface area contributed by atoms with Crippen molar-refractivity contribution in [2.75, 3.05) is 12.4 Å². The Labute approximate surface area is 166 Å². The summed E-state index contributed by atoms with van der Waals surface area (Å²) in [5.41, 5.74) is 2.98. The molecule has 0 atom stereocenters. The van der Waals surface area contributed by atoms with Gasteiger partial charge in [0.1, 0.15) is 5.75 Å². The van der Waals surface area contributed by atoms with Crippen LogP contribution in [0.2, 0.25) is 0 Å². The lowest BCUT2D eigenvalue weighted by Crippen LogP contribution is -2.33. The number of urea groups is 1. The molecule has 0 unspecified atom stereocenters. The summed E-state index contributed by atoms with van der Waals surface area (Å²) in [5.74, 6) is 0.554. The number of hydrogen-bond donors (Lipinski definition) is 2. The van der Waals surface area contributed by atoms with Crippen molar-refractivity contribution in [3.05, 3.63) is 65.1 Å². The van der Waals surface area contributed by atoms with Crippen LogP contribution in [-0.4, -0.2) is 21.6 Å². The smallest absolute Gasteiger partial charge is 0.333 e. The summed E-state index contributed by atoms with van der Waals surface area (Å²) in [6.07, 6.45) is 3.25. The molecule has 2 amide bonds. The average Bonchev–Trinajstić information content (AvgIpc) is 2.65. The third kappa shape index (κ3) is 6.74. The second kappa shape index (κ2) is 9.94. The lowest BCUT2D eigenvalue weighted by molar-refractivity contribution is 0.256. The zero-order chi connectivity index (χ0) is 20.6. The number of ether oxygens (including phenoxy) is 1. The van der Waals surface area contributed by atoms with Crippen LogP contribution in [0.4, 0.5) is 10.5 Å². The predicted octanol–water partition coefficient (Wildman–Crippen LogP) is 4.55. The number of rotatable bonds is 8. The first-order valence-corrected chi connectivity index (χ1v) is 10.6. The van der Waals surface area contributed by atoms with Crippen molar-refractivity contribution in [2.24, 2.45) is 0 Å². The monoisotopic (exact) mass is 402 g/mol.